The van der Waals surface area contributed by atoms with Gasteiger partial charge < -0.3 is 20.4 Å². The number of anilines is 2. The zero-order valence-corrected chi connectivity index (χ0v) is 19.9. The summed E-state index contributed by atoms with van der Waals surface area (Å²) in [5, 5.41) is 3.79. The summed E-state index contributed by atoms with van der Waals surface area (Å²) in [4.78, 5) is 24.4. The average molecular weight is 454 g/mol. The van der Waals surface area contributed by atoms with E-state index in [1.54, 1.807) is 18.2 Å². The fraction of sp³-hybridized carbons (Fsp3) is 0.385. The summed E-state index contributed by atoms with van der Waals surface area (Å²) in [5.41, 5.74) is 9.31. The molecule has 0 fully saturated rings. The Bertz CT molecular complexity index is 1180. The number of halogens is 1. The third-order valence-electron chi connectivity index (χ3n) is 5.38. The van der Waals surface area contributed by atoms with Crippen LogP contribution in [0, 0.1) is 11.7 Å². The van der Waals surface area contributed by atoms with E-state index < -0.39 is 5.60 Å². The number of nitrogens with two attached hydrogens (primary N) is 1. The molecule has 6 nitrogen and oxygen atoms in total. The summed E-state index contributed by atoms with van der Waals surface area (Å²) in [7, 11) is 1.87. The maximum Gasteiger partial charge on any atom is 0.306 e. The number of fused-ring (bicyclic) bond motifs is 1. The van der Waals surface area contributed by atoms with Crippen LogP contribution >= 0.6 is 0 Å². The first-order valence-corrected chi connectivity index (χ1v) is 11.1. The van der Waals surface area contributed by atoms with Gasteiger partial charge in [-0.2, -0.15) is 0 Å². The normalized spacial score (nSPS) is 12.5. The Morgan fingerprint density at radius 3 is 2.58 bits per heavy atom. The lowest BCUT2D eigenvalue weighted by molar-refractivity contribution is -0.155. The first kappa shape index (κ1) is 24.3. The highest BCUT2D eigenvalue weighted by Gasteiger charge is 2.18. The summed E-state index contributed by atoms with van der Waals surface area (Å²) in [5.74, 6) is -0.681. The van der Waals surface area contributed by atoms with E-state index in [-0.39, 0.29) is 36.5 Å². The number of hydrogen-bond acceptors (Lipinski definition) is 4. The first-order valence-electron chi connectivity index (χ1n) is 11.1. The molecule has 0 bridgehead atoms. The minimum Gasteiger partial charge on any atom is -0.460 e. The van der Waals surface area contributed by atoms with Crippen molar-refractivity contribution >= 4 is 34.2 Å². The molecule has 1 atom stereocenters. The van der Waals surface area contributed by atoms with Crippen LogP contribution in [-0.2, 0) is 21.4 Å². The molecule has 0 saturated carbocycles. The number of carbonyl (C=O) groups excluding carboxylic acids is 2. The van der Waals surface area contributed by atoms with Gasteiger partial charge in [-0.05, 0) is 69.0 Å². The van der Waals surface area contributed by atoms with Crippen molar-refractivity contribution in [3.05, 3.63) is 48.4 Å². The number of nitrogen functional groups attached to an aromatic ring is 1. The van der Waals surface area contributed by atoms with E-state index in [0.29, 0.717) is 17.8 Å². The lowest BCUT2D eigenvalue weighted by Crippen LogP contribution is -2.24. The molecule has 176 valence electrons. The molecule has 0 aliphatic rings. The summed E-state index contributed by atoms with van der Waals surface area (Å²) < 4.78 is 20.8. The van der Waals surface area contributed by atoms with Crippen LogP contribution in [0.5, 0.6) is 0 Å². The van der Waals surface area contributed by atoms with Gasteiger partial charge in [0.2, 0.25) is 5.91 Å². The molecule has 0 spiro atoms. The van der Waals surface area contributed by atoms with E-state index >= 15 is 0 Å². The van der Waals surface area contributed by atoms with Crippen molar-refractivity contribution in [3.8, 4) is 11.1 Å². The predicted molar refractivity (Wildman–Crippen MR) is 130 cm³/mol. The molecule has 0 radical (unpaired) electrons. The standard InChI is InChI=1S/C26H32FN3O3/c1-16(6-11-25(32)33-26(2,3)4)12-24(31)29-22-10-7-17(13-21(22)28)20-15-30(5)23-14-18(27)8-9-19(20)23/h7-10,13-16H,6,11-12,28H2,1-5H3,(H,29,31). The Kier molecular flexibility index (Phi) is 7.10. The fourth-order valence-corrected chi connectivity index (χ4v) is 3.81. The van der Waals surface area contributed by atoms with Crippen LogP contribution in [0.3, 0.4) is 0 Å². The summed E-state index contributed by atoms with van der Waals surface area (Å²) >= 11 is 0. The van der Waals surface area contributed by atoms with E-state index in [0.717, 1.165) is 22.0 Å². The van der Waals surface area contributed by atoms with E-state index in [1.807, 2.05) is 51.6 Å². The number of ether oxygens (including phenoxy) is 1. The number of rotatable bonds is 7. The number of benzene rings is 2. The van der Waals surface area contributed by atoms with E-state index in [2.05, 4.69) is 5.32 Å². The van der Waals surface area contributed by atoms with Crippen LogP contribution < -0.4 is 11.1 Å². The number of hydrogen-bond donors (Lipinski definition) is 2. The topological polar surface area (TPSA) is 86.4 Å². The molecular formula is C26H32FN3O3. The van der Waals surface area contributed by atoms with Gasteiger partial charge in [0.05, 0.1) is 16.9 Å². The minimum atomic E-state index is -0.510. The molecule has 1 unspecified atom stereocenters. The van der Waals surface area contributed by atoms with Gasteiger partial charge in [0.15, 0.2) is 0 Å². The van der Waals surface area contributed by atoms with Crippen molar-refractivity contribution in [2.45, 2.75) is 52.6 Å². The van der Waals surface area contributed by atoms with Gasteiger partial charge in [-0.1, -0.05) is 13.0 Å². The van der Waals surface area contributed by atoms with Gasteiger partial charge in [0.1, 0.15) is 11.4 Å². The minimum absolute atomic E-state index is 0.0223. The first-order chi connectivity index (χ1) is 15.4. The van der Waals surface area contributed by atoms with Crippen LogP contribution in [0.2, 0.25) is 0 Å². The molecule has 0 saturated heterocycles. The second-order valence-electron chi connectivity index (χ2n) is 9.60. The number of nitrogens with zero attached hydrogens (tertiary/aromatic N) is 1. The highest BCUT2D eigenvalue weighted by atomic mass is 19.1. The van der Waals surface area contributed by atoms with Crippen LogP contribution in [0.15, 0.2) is 42.6 Å². The van der Waals surface area contributed by atoms with Crippen molar-refractivity contribution in [1.29, 1.82) is 0 Å². The molecule has 1 aromatic heterocycles. The van der Waals surface area contributed by atoms with Crippen LogP contribution in [0.4, 0.5) is 15.8 Å². The van der Waals surface area contributed by atoms with Crippen LogP contribution in [-0.4, -0.2) is 22.0 Å². The smallest absolute Gasteiger partial charge is 0.306 e. The van der Waals surface area contributed by atoms with Gasteiger partial charge in [-0.3, -0.25) is 9.59 Å². The molecular weight excluding hydrogens is 421 g/mol. The van der Waals surface area contributed by atoms with Crippen molar-refractivity contribution in [2.75, 3.05) is 11.1 Å². The SMILES string of the molecule is CC(CCC(=O)OC(C)(C)C)CC(=O)Nc1ccc(-c2cn(C)c3cc(F)ccc23)cc1N. The van der Waals surface area contributed by atoms with E-state index in [4.69, 9.17) is 10.5 Å². The zero-order valence-electron chi connectivity index (χ0n) is 19.9. The molecule has 0 aliphatic heterocycles. The number of aryl methyl sites for hydroxylation is 1. The van der Waals surface area contributed by atoms with Crippen molar-refractivity contribution in [1.82, 2.24) is 4.57 Å². The maximum atomic E-state index is 13.6. The molecule has 2 aromatic carbocycles. The van der Waals surface area contributed by atoms with Crippen molar-refractivity contribution < 1.29 is 18.7 Å². The van der Waals surface area contributed by atoms with Crippen molar-refractivity contribution in [2.24, 2.45) is 13.0 Å². The summed E-state index contributed by atoms with van der Waals surface area (Å²) in [6, 6.07) is 10.2. The monoisotopic (exact) mass is 453 g/mol. The van der Waals surface area contributed by atoms with Gasteiger partial charge >= 0.3 is 5.97 Å². The van der Waals surface area contributed by atoms with Gasteiger partial charge in [0, 0.05) is 37.0 Å². The fourth-order valence-electron chi connectivity index (χ4n) is 3.81. The second kappa shape index (κ2) is 9.65. The Balaban J connectivity index is 1.63. The molecule has 3 rings (SSSR count). The number of amides is 1. The molecule has 3 N–H and O–H groups in total. The largest absolute Gasteiger partial charge is 0.460 e. The van der Waals surface area contributed by atoms with Crippen LogP contribution in [0.25, 0.3) is 22.0 Å². The molecule has 3 aromatic rings. The summed E-state index contributed by atoms with van der Waals surface area (Å²) in [6.07, 6.45) is 3.05. The van der Waals surface area contributed by atoms with Gasteiger partial charge in [-0.15, -0.1) is 0 Å². The van der Waals surface area contributed by atoms with Gasteiger partial charge in [-0.25, -0.2) is 4.39 Å². The number of aromatic nitrogens is 1. The summed E-state index contributed by atoms with van der Waals surface area (Å²) in [6.45, 7) is 7.42. The number of carbonyl (C=O) groups is 2. The Morgan fingerprint density at radius 2 is 1.91 bits per heavy atom. The second-order valence-corrected chi connectivity index (χ2v) is 9.60. The van der Waals surface area contributed by atoms with Gasteiger partial charge in [0.25, 0.3) is 0 Å². The highest BCUT2D eigenvalue weighted by Crippen LogP contribution is 2.33. The average Bonchev–Trinajstić information content (AvgIpc) is 3.02. The third kappa shape index (κ3) is 6.34. The highest BCUT2D eigenvalue weighted by molar-refractivity contribution is 5.99. The Hall–Kier alpha value is -3.35. The van der Waals surface area contributed by atoms with Crippen LogP contribution in [0.1, 0.15) is 47.0 Å². The third-order valence-corrected chi connectivity index (χ3v) is 5.38. The number of esters is 1. The lowest BCUT2D eigenvalue weighted by Gasteiger charge is -2.20. The number of nitrogens with one attached hydrogen (secondary N) is 1. The van der Waals surface area contributed by atoms with E-state index in [9.17, 15) is 14.0 Å². The maximum absolute atomic E-state index is 13.6. The van der Waals surface area contributed by atoms with E-state index in [1.165, 1.54) is 12.1 Å². The molecule has 7 heteroatoms. The Morgan fingerprint density at radius 1 is 1.18 bits per heavy atom. The predicted octanol–water partition coefficient (Wildman–Crippen LogP) is 5.65. The quantitative estimate of drug-likeness (QED) is 0.357. The molecule has 1 amide bonds. The molecule has 0 aliphatic carbocycles. The van der Waals surface area contributed by atoms with Crippen molar-refractivity contribution in [3.63, 3.8) is 0 Å². The zero-order chi connectivity index (χ0) is 24.3. The lowest BCUT2D eigenvalue weighted by atomic mass is 10.0. The molecule has 1 heterocycles. The Labute approximate surface area is 193 Å². The molecule has 33 heavy (non-hydrogen) atoms.